The number of urea groups is 1. The molecule has 0 aromatic heterocycles. The van der Waals surface area contributed by atoms with E-state index in [2.05, 4.69) is 10.6 Å². The van der Waals surface area contributed by atoms with Crippen molar-refractivity contribution in [2.75, 3.05) is 39.2 Å². The Morgan fingerprint density at radius 2 is 1.86 bits per heavy atom. The van der Waals surface area contributed by atoms with Gasteiger partial charge in [0.15, 0.2) is 0 Å². The van der Waals surface area contributed by atoms with Crippen molar-refractivity contribution in [3.05, 3.63) is 48.0 Å². The standard InChI is InChI=1S/C31H44N4O7S/c1-21-18-35(22(2)20-36)30(37)17-23-16-25(33-31(38)32-24-8-6-5-7-9-24)10-15-28(23)42-29(21)19-34(3)43(39,40)27-13-11-26(41-4)12-14-27/h10-16,21-22,24,29,36H,5-9,17-20H2,1-4H3,(H2,32,33,38)/t21-,22-,29-/m0/s1. The average Bonchev–Trinajstić information content (AvgIpc) is 3.04. The zero-order valence-electron chi connectivity index (χ0n) is 25.4. The van der Waals surface area contributed by atoms with Crippen molar-refractivity contribution in [3.63, 3.8) is 0 Å². The van der Waals surface area contributed by atoms with E-state index in [0.717, 1.165) is 25.7 Å². The van der Waals surface area contributed by atoms with Crippen LogP contribution < -0.4 is 20.1 Å². The third-order valence-electron chi connectivity index (χ3n) is 8.32. The Morgan fingerprint density at radius 3 is 2.51 bits per heavy atom. The van der Waals surface area contributed by atoms with Gasteiger partial charge in [-0.1, -0.05) is 26.2 Å². The van der Waals surface area contributed by atoms with E-state index in [0.29, 0.717) is 22.7 Å². The molecule has 0 saturated heterocycles. The molecule has 236 valence electrons. The van der Waals surface area contributed by atoms with Gasteiger partial charge in [0.2, 0.25) is 15.9 Å². The van der Waals surface area contributed by atoms with Gasteiger partial charge in [-0.05, 0) is 62.2 Å². The highest BCUT2D eigenvalue weighted by molar-refractivity contribution is 7.89. The van der Waals surface area contributed by atoms with Crippen LogP contribution in [-0.2, 0) is 21.2 Å². The Hall–Kier alpha value is -3.35. The smallest absolute Gasteiger partial charge is 0.319 e. The molecule has 1 heterocycles. The molecule has 2 aromatic carbocycles. The van der Waals surface area contributed by atoms with Crippen LogP contribution in [0.5, 0.6) is 11.5 Å². The molecule has 43 heavy (non-hydrogen) atoms. The molecule has 0 unspecified atom stereocenters. The summed E-state index contributed by atoms with van der Waals surface area (Å²) in [4.78, 5) is 27.9. The maximum atomic E-state index is 13.5. The van der Waals surface area contributed by atoms with E-state index >= 15 is 0 Å². The minimum absolute atomic E-state index is 0.00113. The first-order chi connectivity index (χ1) is 20.5. The van der Waals surface area contributed by atoms with Gasteiger partial charge in [-0.25, -0.2) is 13.2 Å². The maximum absolute atomic E-state index is 13.5. The molecule has 1 aliphatic heterocycles. The van der Waals surface area contributed by atoms with E-state index in [1.807, 2.05) is 6.92 Å². The number of likely N-dealkylation sites (N-methyl/N-ethyl adjacent to an activating group) is 1. The number of carbonyl (C=O) groups is 2. The fourth-order valence-electron chi connectivity index (χ4n) is 5.60. The maximum Gasteiger partial charge on any atom is 0.319 e. The minimum atomic E-state index is -3.85. The number of methoxy groups -OCH3 is 1. The number of anilines is 1. The second-order valence-corrected chi connectivity index (χ2v) is 13.6. The third kappa shape index (κ3) is 8.18. The quantitative estimate of drug-likeness (QED) is 0.391. The highest BCUT2D eigenvalue weighted by Gasteiger charge is 2.33. The number of benzene rings is 2. The molecular weight excluding hydrogens is 572 g/mol. The van der Waals surface area contributed by atoms with Gasteiger partial charge in [0.05, 0.1) is 37.6 Å². The van der Waals surface area contributed by atoms with E-state index in [4.69, 9.17) is 9.47 Å². The normalized spacial score (nSPS) is 20.7. The van der Waals surface area contributed by atoms with Crippen molar-refractivity contribution in [2.24, 2.45) is 5.92 Å². The number of nitrogens with zero attached hydrogens (tertiary/aromatic N) is 2. The summed E-state index contributed by atoms with van der Waals surface area (Å²) >= 11 is 0. The van der Waals surface area contributed by atoms with Crippen LogP contribution >= 0.6 is 0 Å². The van der Waals surface area contributed by atoms with E-state index < -0.39 is 22.2 Å². The number of nitrogens with one attached hydrogen (secondary N) is 2. The molecule has 2 aliphatic rings. The lowest BCUT2D eigenvalue weighted by Gasteiger charge is -2.33. The summed E-state index contributed by atoms with van der Waals surface area (Å²) in [7, 11) is -0.835. The summed E-state index contributed by atoms with van der Waals surface area (Å²) in [6.45, 7) is 3.75. The van der Waals surface area contributed by atoms with Crippen molar-refractivity contribution in [1.29, 1.82) is 0 Å². The van der Waals surface area contributed by atoms with Crippen LogP contribution in [0.25, 0.3) is 0 Å². The molecule has 0 bridgehead atoms. The summed E-state index contributed by atoms with van der Waals surface area (Å²) < 4.78 is 39.7. The Kier molecular flexibility index (Phi) is 10.9. The van der Waals surface area contributed by atoms with Gasteiger partial charge in [0, 0.05) is 36.8 Å². The number of sulfonamides is 1. The van der Waals surface area contributed by atoms with Gasteiger partial charge in [0.25, 0.3) is 0 Å². The van der Waals surface area contributed by atoms with Gasteiger partial charge in [0.1, 0.15) is 17.6 Å². The number of hydrogen-bond acceptors (Lipinski definition) is 7. The number of hydrogen-bond donors (Lipinski definition) is 3. The topological polar surface area (TPSA) is 138 Å². The Morgan fingerprint density at radius 1 is 1.16 bits per heavy atom. The first kappa shape index (κ1) is 32.6. The molecule has 0 spiro atoms. The highest BCUT2D eigenvalue weighted by Crippen LogP contribution is 2.30. The number of ether oxygens (including phenoxy) is 2. The Bertz CT molecular complexity index is 1360. The Labute approximate surface area is 254 Å². The lowest BCUT2D eigenvalue weighted by atomic mass is 9.96. The number of aliphatic hydroxyl groups excluding tert-OH is 1. The van der Waals surface area contributed by atoms with Crippen LogP contribution in [0.3, 0.4) is 0 Å². The molecule has 3 amide bonds. The predicted molar refractivity (Wildman–Crippen MR) is 164 cm³/mol. The van der Waals surface area contributed by atoms with E-state index in [9.17, 15) is 23.1 Å². The summed E-state index contributed by atoms with van der Waals surface area (Å²) in [5, 5.41) is 15.8. The van der Waals surface area contributed by atoms with Crippen molar-refractivity contribution < 1.29 is 32.6 Å². The van der Waals surface area contributed by atoms with E-state index in [1.165, 1.54) is 37.0 Å². The van der Waals surface area contributed by atoms with Gasteiger partial charge in [-0.15, -0.1) is 0 Å². The van der Waals surface area contributed by atoms with E-state index in [1.54, 1.807) is 42.2 Å². The molecule has 11 nitrogen and oxygen atoms in total. The summed E-state index contributed by atoms with van der Waals surface area (Å²) in [5.41, 5.74) is 1.09. The zero-order valence-corrected chi connectivity index (χ0v) is 26.2. The largest absolute Gasteiger partial charge is 0.497 e. The summed E-state index contributed by atoms with van der Waals surface area (Å²) in [6, 6.07) is 10.7. The predicted octanol–water partition coefficient (Wildman–Crippen LogP) is 3.62. The first-order valence-corrected chi connectivity index (χ1v) is 16.3. The molecule has 1 aliphatic carbocycles. The molecular formula is C31H44N4O7S. The SMILES string of the molecule is COc1ccc(S(=O)(=O)N(C)C[C@@H]2Oc3ccc(NC(=O)NC4CCCCC4)cc3CC(=O)N([C@@H](C)CO)C[C@@H]2C)cc1. The Balaban J connectivity index is 1.59. The van der Waals surface area contributed by atoms with Crippen molar-refractivity contribution in [2.45, 2.75) is 75.5 Å². The van der Waals surface area contributed by atoms with Crippen LogP contribution in [0.15, 0.2) is 47.4 Å². The van der Waals surface area contributed by atoms with Gasteiger partial charge < -0.3 is 30.1 Å². The zero-order chi connectivity index (χ0) is 31.1. The molecule has 4 rings (SSSR count). The number of fused-ring (bicyclic) bond motifs is 1. The van der Waals surface area contributed by atoms with Crippen LogP contribution in [0.4, 0.5) is 10.5 Å². The molecule has 1 fully saturated rings. The minimum Gasteiger partial charge on any atom is -0.497 e. The second kappa shape index (κ2) is 14.4. The highest BCUT2D eigenvalue weighted by atomic mass is 32.2. The number of carbonyl (C=O) groups excluding carboxylic acids is 2. The summed E-state index contributed by atoms with van der Waals surface area (Å²) in [6.07, 6.45) is 4.68. The first-order valence-electron chi connectivity index (χ1n) is 14.9. The average molecular weight is 617 g/mol. The monoisotopic (exact) mass is 616 g/mol. The van der Waals surface area contributed by atoms with E-state index in [-0.39, 0.29) is 54.9 Å². The van der Waals surface area contributed by atoms with Gasteiger partial charge in [-0.3, -0.25) is 4.79 Å². The molecule has 1 saturated carbocycles. The fraction of sp³-hybridized carbons (Fsp3) is 0.548. The third-order valence-corrected chi connectivity index (χ3v) is 10.2. The molecule has 3 atom stereocenters. The van der Waals surface area contributed by atoms with Crippen molar-refractivity contribution in [1.82, 2.24) is 14.5 Å². The lowest BCUT2D eigenvalue weighted by molar-refractivity contribution is -0.134. The molecule has 12 heteroatoms. The fourth-order valence-corrected chi connectivity index (χ4v) is 6.79. The number of amides is 3. The van der Waals surface area contributed by atoms with Crippen LogP contribution in [0.1, 0.15) is 51.5 Å². The van der Waals surface area contributed by atoms with Crippen molar-refractivity contribution in [3.8, 4) is 11.5 Å². The molecule has 2 aromatic rings. The van der Waals surface area contributed by atoms with Crippen LogP contribution in [0, 0.1) is 5.92 Å². The van der Waals surface area contributed by atoms with Crippen LogP contribution in [-0.4, -0.2) is 86.7 Å². The number of rotatable bonds is 9. The molecule has 3 N–H and O–H groups in total. The van der Waals surface area contributed by atoms with Gasteiger partial charge >= 0.3 is 6.03 Å². The van der Waals surface area contributed by atoms with Crippen LogP contribution in [0.2, 0.25) is 0 Å². The number of aliphatic hydroxyl groups is 1. The second-order valence-electron chi connectivity index (χ2n) is 11.6. The van der Waals surface area contributed by atoms with Gasteiger partial charge in [-0.2, -0.15) is 4.31 Å². The molecule has 0 radical (unpaired) electrons. The summed E-state index contributed by atoms with van der Waals surface area (Å²) in [5.74, 6) is 0.519. The lowest BCUT2D eigenvalue weighted by Crippen LogP contribution is -2.48. The van der Waals surface area contributed by atoms with Crippen molar-refractivity contribution >= 4 is 27.6 Å².